The van der Waals surface area contributed by atoms with Crippen molar-refractivity contribution in [2.24, 2.45) is 40.9 Å². The number of azo groups is 4. The van der Waals surface area contributed by atoms with Gasteiger partial charge < -0.3 is 39.7 Å². The first-order valence-corrected chi connectivity index (χ1v) is 24.3. The van der Waals surface area contributed by atoms with Crippen LogP contribution in [0.15, 0.2) is 159 Å². The topological polar surface area (TPSA) is 408 Å². The quantitative estimate of drug-likeness (QED) is 0.0254. The summed E-state index contributed by atoms with van der Waals surface area (Å²) >= 11 is 0. The molecule has 380 valence electrons. The molecular formula is C44H34N8Na4O18S3. The first kappa shape index (κ1) is 66.3. The van der Waals surface area contributed by atoms with Crippen molar-refractivity contribution in [1.82, 2.24) is 0 Å². The number of carbonyl (C=O) groups is 1. The molecule has 0 unspecified atom stereocenters. The monoisotopic (exact) mass is 1150 g/mol. The Balaban J connectivity index is 0.00000390. The van der Waals surface area contributed by atoms with Crippen LogP contribution in [-0.2, 0) is 30.4 Å². The zero-order valence-corrected chi connectivity index (χ0v) is 51.7. The van der Waals surface area contributed by atoms with Gasteiger partial charge in [-0.2, -0.15) is 30.4 Å². The second kappa shape index (κ2) is 27.2. The van der Waals surface area contributed by atoms with Gasteiger partial charge in [0, 0.05) is 118 Å². The minimum absolute atomic E-state index is 0. The van der Waals surface area contributed by atoms with Gasteiger partial charge >= 0.3 is 5.97 Å². The van der Waals surface area contributed by atoms with Gasteiger partial charge in [0.25, 0.3) is 30.4 Å². The Morgan fingerprint density at radius 1 is 0.442 bits per heavy atom. The molecule has 0 aromatic heterocycles. The number of rotatable bonds is 16. The van der Waals surface area contributed by atoms with E-state index in [0.717, 1.165) is 48.5 Å². The van der Waals surface area contributed by atoms with Crippen LogP contribution in [-0.4, -0.2) is 210 Å². The van der Waals surface area contributed by atoms with Crippen molar-refractivity contribution in [3.8, 4) is 51.4 Å². The smallest absolute Gasteiger partial charge is 0.339 e. The van der Waals surface area contributed by atoms with Crippen molar-refractivity contribution in [3.05, 3.63) is 109 Å². The van der Waals surface area contributed by atoms with Crippen molar-refractivity contribution in [1.29, 1.82) is 0 Å². The molecule has 7 aromatic rings. The van der Waals surface area contributed by atoms with E-state index in [4.69, 9.17) is 14.2 Å². The van der Waals surface area contributed by atoms with Crippen LogP contribution in [0.5, 0.6) is 40.2 Å². The normalized spacial score (nSPS) is 11.8. The number of ether oxygens (including phenoxy) is 3. The molecule has 0 atom stereocenters. The van der Waals surface area contributed by atoms with E-state index in [9.17, 15) is 69.2 Å². The molecule has 7 rings (SSSR count). The number of phenols is 4. The first-order valence-electron chi connectivity index (χ1n) is 20.0. The fourth-order valence-corrected chi connectivity index (χ4v) is 8.36. The maximum Gasteiger partial charge on any atom is 0.339 e. The Morgan fingerprint density at radius 2 is 0.935 bits per heavy atom. The molecule has 0 saturated heterocycles. The van der Waals surface area contributed by atoms with Crippen LogP contribution in [0, 0.1) is 0 Å². The number of phenolic OH excluding ortho intramolecular Hbond substituents is 3. The van der Waals surface area contributed by atoms with E-state index in [1.807, 2.05) is 0 Å². The van der Waals surface area contributed by atoms with Gasteiger partial charge in [-0.25, -0.2) is 4.79 Å². The van der Waals surface area contributed by atoms with E-state index in [0.29, 0.717) is 23.3 Å². The van der Waals surface area contributed by atoms with Crippen molar-refractivity contribution < 1.29 is 83.4 Å². The molecule has 0 bridgehead atoms. The second-order valence-electron chi connectivity index (χ2n) is 14.8. The van der Waals surface area contributed by atoms with Gasteiger partial charge in [-0.3, -0.25) is 13.7 Å². The third-order valence-electron chi connectivity index (χ3n) is 10.2. The minimum atomic E-state index is -5.32. The van der Waals surface area contributed by atoms with Gasteiger partial charge in [-0.15, -0.1) is 35.8 Å². The summed E-state index contributed by atoms with van der Waals surface area (Å²) < 4.78 is 120. The number of nitrogens with zero attached hydrogens (tertiary/aromatic N) is 8. The third kappa shape index (κ3) is 15.4. The Bertz CT molecular complexity index is 3910. The minimum Gasteiger partial charge on any atom is -0.507 e. The Hall–Kier alpha value is -5.00. The van der Waals surface area contributed by atoms with Gasteiger partial charge in [0.05, 0.1) is 47.9 Å². The van der Waals surface area contributed by atoms with E-state index in [1.54, 1.807) is 24.3 Å². The van der Waals surface area contributed by atoms with E-state index < -0.39 is 108 Å². The molecule has 7 aromatic carbocycles. The average molecular weight is 1150 g/mol. The summed E-state index contributed by atoms with van der Waals surface area (Å²) in [6.07, 6.45) is 0. The van der Waals surface area contributed by atoms with Gasteiger partial charge in [0.2, 0.25) is 0 Å². The summed E-state index contributed by atoms with van der Waals surface area (Å²) in [7, 11) is -11.3. The number of aromatic carboxylic acids is 1. The summed E-state index contributed by atoms with van der Waals surface area (Å²) in [5.74, 6) is -4.24. The fraction of sp³-hybridized carbons (Fsp3) is 0.0682. The van der Waals surface area contributed by atoms with Crippen LogP contribution in [0.3, 0.4) is 0 Å². The Labute approximate surface area is 525 Å². The summed E-state index contributed by atoms with van der Waals surface area (Å²) in [6, 6.07) is 20.1. The molecule has 77 heavy (non-hydrogen) atoms. The number of hydrogen-bond acceptors (Lipinski definition) is 22. The van der Waals surface area contributed by atoms with Gasteiger partial charge in [-0.1, -0.05) is 12.1 Å². The number of carboxylic acids is 1. The summed E-state index contributed by atoms with van der Waals surface area (Å²) in [5, 5.41) is 83.1. The number of methoxy groups -OCH3 is 3. The van der Waals surface area contributed by atoms with Crippen molar-refractivity contribution >= 4 is 211 Å². The van der Waals surface area contributed by atoms with Crippen LogP contribution in [0.2, 0.25) is 0 Å². The number of hydrogen-bond donors (Lipinski definition) is 8. The fourth-order valence-electron chi connectivity index (χ4n) is 6.67. The Morgan fingerprint density at radius 3 is 1.48 bits per heavy atom. The average Bonchev–Trinajstić information content (AvgIpc) is 3.34. The van der Waals surface area contributed by atoms with E-state index in [2.05, 4.69) is 40.9 Å². The standard InChI is InChI=1S/C44H34N8O18S3.4Na/c1-68-35-13-7-25(71(59,60)61)19-31(35)49-51-40-34(54)12-10-30(42(40)55)48-50-32-20-26(72(62,63)64)14-23-17-38(73(65,66)67)41(43(56)39(23)32)52-47-29-9-5-22(16-37(29)70-3)21-4-8-28(36(15-21)69-2)46-45-24-6-11-33(53)27(18-24)44(57)58;;;;/h4-20,53-56H,1-3H3,(H,57,58)(H,59,60,61)(H,62,63,64)(H,65,66,67);;;;. The van der Waals surface area contributed by atoms with Crippen LogP contribution < -0.4 is 14.2 Å². The molecule has 0 fully saturated rings. The van der Waals surface area contributed by atoms with Gasteiger partial charge in [-0.05, 0) is 108 Å². The maximum atomic E-state index is 12.8. The molecule has 33 heteroatoms. The van der Waals surface area contributed by atoms with Crippen LogP contribution in [0.1, 0.15) is 10.4 Å². The molecule has 0 heterocycles. The van der Waals surface area contributed by atoms with E-state index in [-0.39, 0.29) is 164 Å². The maximum absolute atomic E-state index is 12.8. The van der Waals surface area contributed by atoms with E-state index in [1.165, 1.54) is 39.5 Å². The summed E-state index contributed by atoms with van der Waals surface area (Å²) in [6.45, 7) is 0. The largest absolute Gasteiger partial charge is 0.507 e. The molecule has 0 saturated carbocycles. The molecule has 0 aliphatic heterocycles. The molecule has 4 radical (unpaired) electrons. The number of carboxylic acid groups (broad SMARTS) is 1. The number of fused-ring (bicyclic) bond motifs is 1. The number of aromatic hydroxyl groups is 4. The predicted octanol–water partition coefficient (Wildman–Crippen LogP) is 8.93. The summed E-state index contributed by atoms with van der Waals surface area (Å²) in [5.41, 5.74) is -1.94. The molecule has 0 spiro atoms. The van der Waals surface area contributed by atoms with Crippen molar-refractivity contribution in [3.63, 3.8) is 0 Å². The predicted molar refractivity (Wildman–Crippen MR) is 278 cm³/mol. The molecule has 0 aliphatic rings. The van der Waals surface area contributed by atoms with Gasteiger partial charge in [0.1, 0.15) is 67.6 Å². The molecule has 0 aliphatic carbocycles. The first-order chi connectivity index (χ1) is 34.4. The molecule has 26 nitrogen and oxygen atoms in total. The summed E-state index contributed by atoms with van der Waals surface area (Å²) in [4.78, 5) is 8.84. The van der Waals surface area contributed by atoms with Crippen LogP contribution in [0.25, 0.3) is 21.9 Å². The van der Waals surface area contributed by atoms with Gasteiger partial charge in [0.15, 0.2) is 17.2 Å². The van der Waals surface area contributed by atoms with Crippen molar-refractivity contribution in [2.75, 3.05) is 21.3 Å². The molecule has 8 N–H and O–H groups in total. The van der Waals surface area contributed by atoms with E-state index >= 15 is 0 Å². The Kier molecular flexibility index (Phi) is 23.5. The molecule has 0 amide bonds. The second-order valence-corrected chi connectivity index (χ2v) is 19.0. The van der Waals surface area contributed by atoms with Crippen LogP contribution >= 0.6 is 0 Å². The van der Waals surface area contributed by atoms with Crippen molar-refractivity contribution in [2.45, 2.75) is 14.7 Å². The van der Waals surface area contributed by atoms with Crippen LogP contribution in [0.4, 0.5) is 45.5 Å². The third-order valence-corrected chi connectivity index (χ3v) is 12.7. The zero-order chi connectivity index (χ0) is 53.2. The molecular weight excluding hydrogens is 1120 g/mol. The SMILES string of the molecule is COc1cc(-c2ccc(N=Nc3c(S(=O)(=O)O)cc4cc(S(=O)(=O)O)cc(N=Nc5ccc(O)c(N=Nc6cc(S(=O)(=O)O)ccc6OC)c5O)c4c3O)c(OC)c2)ccc1N=Nc1ccc(O)c(C(=O)O)c1.[Na].[Na].[Na].[Na]. The zero-order valence-electron chi connectivity index (χ0n) is 41.3. The number of benzene rings is 7.